The van der Waals surface area contributed by atoms with Crippen LogP contribution in [0, 0.1) is 5.41 Å². The SMILES string of the molecule is CCCC(Cc1ccccc1)NC(=O)CC1(C(=O)O)CCC1. The summed E-state index contributed by atoms with van der Waals surface area (Å²) in [7, 11) is 0. The Morgan fingerprint density at radius 1 is 1.27 bits per heavy atom. The van der Waals surface area contributed by atoms with E-state index in [1.165, 1.54) is 5.56 Å². The van der Waals surface area contributed by atoms with E-state index in [4.69, 9.17) is 0 Å². The zero-order chi connectivity index (χ0) is 16.0. The van der Waals surface area contributed by atoms with Gasteiger partial charge in [0.2, 0.25) is 5.91 Å². The summed E-state index contributed by atoms with van der Waals surface area (Å²) in [5.41, 5.74) is 0.381. The highest BCUT2D eigenvalue weighted by molar-refractivity contribution is 5.85. The van der Waals surface area contributed by atoms with Crippen LogP contribution in [0.2, 0.25) is 0 Å². The molecule has 1 aliphatic carbocycles. The van der Waals surface area contributed by atoms with Gasteiger partial charge in [0.1, 0.15) is 0 Å². The summed E-state index contributed by atoms with van der Waals surface area (Å²) in [4.78, 5) is 23.6. The van der Waals surface area contributed by atoms with Gasteiger partial charge in [-0.2, -0.15) is 0 Å². The third kappa shape index (κ3) is 4.09. The van der Waals surface area contributed by atoms with Gasteiger partial charge in [0.15, 0.2) is 0 Å². The minimum absolute atomic E-state index is 0.0748. The number of carbonyl (C=O) groups is 2. The van der Waals surface area contributed by atoms with Gasteiger partial charge in [0.05, 0.1) is 5.41 Å². The van der Waals surface area contributed by atoms with Crippen molar-refractivity contribution < 1.29 is 14.7 Å². The first-order chi connectivity index (χ1) is 10.6. The Labute approximate surface area is 131 Å². The lowest BCUT2D eigenvalue weighted by atomic mass is 9.66. The minimum Gasteiger partial charge on any atom is -0.481 e. The molecule has 0 heterocycles. The van der Waals surface area contributed by atoms with Crippen molar-refractivity contribution in [2.75, 3.05) is 0 Å². The van der Waals surface area contributed by atoms with E-state index in [1.54, 1.807) is 0 Å². The summed E-state index contributed by atoms with van der Waals surface area (Å²) in [6, 6.07) is 10.1. The van der Waals surface area contributed by atoms with Crippen LogP contribution in [0.5, 0.6) is 0 Å². The van der Waals surface area contributed by atoms with E-state index in [2.05, 4.69) is 24.4 Å². The van der Waals surface area contributed by atoms with E-state index >= 15 is 0 Å². The van der Waals surface area contributed by atoms with Crippen LogP contribution >= 0.6 is 0 Å². The molecule has 4 heteroatoms. The molecule has 0 saturated heterocycles. The van der Waals surface area contributed by atoms with Crippen LogP contribution in [0.3, 0.4) is 0 Å². The number of hydrogen-bond donors (Lipinski definition) is 2. The molecule has 2 N–H and O–H groups in total. The Bertz CT molecular complexity index is 508. The molecule has 1 aromatic rings. The van der Waals surface area contributed by atoms with Crippen molar-refractivity contribution in [3.05, 3.63) is 35.9 Å². The Morgan fingerprint density at radius 3 is 2.45 bits per heavy atom. The van der Waals surface area contributed by atoms with Gasteiger partial charge in [-0.25, -0.2) is 0 Å². The smallest absolute Gasteiger partial charge is 0.310 e. The molecule has 1 amide bonds. The standard InChI is InChI=1S/C18H25NO3/c1-2-7-15(12-14-8-4-3-5-9-14)19-16(20)13-18(17(21)22)10-6-11-18/h3-5,8-9,15H,2,6-7,10-13H2,1H3,(H,19,20)(H,21,22). The van der Waals surface area contributed by atoms with Gasteiger partial charge < -0.3 is 10.4 Å². The lowest BCUT2D eigenvalue weighted by molar-refractivity contribution is -0.157. The fourth-order valence-electron chi connectivity index (χ4n) is 3.13. The minimum atomic E-state index is -0.830. The molecule has 1 saturated carbocycles. The summed E-state index contributed by atoms with van der Waals surface area (Å²) in [5.74, 6) is -0.958. The number of hydrogen-bond acceptors (Lipinski definition) is 2. The van der Waals surface area contributed by atoms with Crippen LogP contribution in [0.15, 0.2) is 30.3 Å². The Balaban J connectivity index is 1.92. The largest absolute Gasteiger partial charge is 0.481 e. The van der Waals surface area contributed by atoms with E-state index in [0.29, 0.717) is 12.8 Å². The number of rotatable bonds is 8. The highest BCUT2D eigenvalue weighted by Gasteiger charge is 2.46. The van der Waals surface area contributed by atoms with Crippen molar-refractivity contribution in [3.63, 3.8) is 0 Å². The zero-order valence-corrected chi connectivity index (χ0v) is 13.2. The maximum Gasteiger partial charge on any atom is 0.310 e. The van der Waals surface area contributed by atoms with Gasteiger partial charge in [0.25, 0.3) is 0 Å². The molecule has 1 unspecified atom stereocenters. The second-order valence-corrected chi connectivity index (χ2v) is 6.36. The van der Waals surface area contributed by atoms with E-state index in [0.717, 1.165) is 25.7 Å². The summed E-state index contributed by atoms with van der Waals surface area (Å²) in [6.45, 7) is 2.09. The molecule has 0 bridgehead atoms. The Kier molecular flexibility index (Phi) is 5.58. The van der Waals surface area contributed by atoms with Crippen LogP contribution in [-0.4, -0.2) is 23.0 Å². The first-order valence-corrected chi connectivity index (χ1v) is 8.12. The van der Waals surface area contributed by atoms with Gasteiger partial charge in [-0.05, 0) is 31.2 Å². The fourth-order valence-corrected chi connectivity index (χ4v) is 3.13. The lowest BCUT2D eigenvalue weighted by Gasteiger charge is -2.37. The van der Waals surface area contributed by atoms with E-state index in [9.17, 15) is 14.7 Å². The number of carboxylic acids is 1. The first kappa shape index (κ1) is 16.5. The maximum atomic E-state index is 12.3. The average molecular weight is 303 g/mol. The van der Waals surface area contributed by atoms with Gasteiger partial charge in [-0.3, -0.25) is 9.59 Å². The fraction of sp³-hybridized carbons (Fsp3) is 0.556. The topological polar surface area (TPSA) is 66.4 Å². The molecule has 22 heavy (non-hydrogen) atoms. The number of carbonyl (C=O) groups excluding carboxylic acids is 1. The van der Waals surface area contributed by atoms with Crippen molar-refractivity contribution in [2.45, 2.75) is 57.9 Å². The van der Waals surface area contributed by atoms with Crippen molar-refractivity contribution in [2.24, 2.45) is 5.41 Å². The molecule has 4 nitrogen and oxygen atoms in total. The lowest BCUT2D eigenvalue weighted by Crippen LogP contribution is -2.45. The van der Waals surface area contributed by atoms with Gasteiger partial charge in [-0.15, -0.1) is 0 Å². The monoisotopic (exact) mass is 303 g/mol. The first-order valence-electron chi connectivity index (χ1n) is 8.12. The van der Waals surface area contributed by atoms with Crippen LogP contribution in [0.25, 0.3) is 0 Å². The average Bonchev–Trinajstić information content (AvgIpc) is 2.44. The molecular formula is C18H25NO3. The molecule has 1 fully saturated rings. The summed E-state index contributed by atoms with van der Waals surface area (Å²) in [6.07, 6.45) is 4.93. The molecule has 1 aliphatic rings. The molecule has 2 rings (SSSR count). The molecule has 120 valence electrons. The molecule has 0 aliphatic heterocycles. The maximum absolute atomic E-state index is 12.3. The quantitative estimate of drug-likeness (QED) is 0.775. The van der Waals surface area contributed by atoms with E-state index in [-0.39, 0.29) is 18.4 Å². The van der Waals surface area contributed by atoms with Gasteiger partial charge in [0, 0.05) is 12.5 Å². The van der Waals surface area contributed by atoms with Gasteiger partial charge in [-0.1, -0.05) is 50.1 Å². The molecule has 0 aromatic heterocycles. The van der Waals surface area contributed by atoms with Crippen LogP contribution in [-0.2, 0) is 16.0 Å². The van der Waals surface area contributed by atoms with Crippen molar-refractivity contribution >= 4 is 11.9 Å². The second kappa shape index (κ2) is 7.43. The Hall–Kier alpha value is -1.84. The molecule has 0 spiro atoms. The highest BCUT2D eigenvalue weighted by atomic mass is 16.4. The molecular weight excluding hydrogens is 278 g/mol. The van der Waals surface area contributed by atoms with Crippen LogP contribution < -0.4 is 5.32 Å². The predicted octanol–water partition coefficient (Wildman–Crippen LogP) is 3.16. The van der Waals surface area contributed by atoms with E-state index in [1.807, 2.05) is 18.2 Å². The predicted molar refractivity (Wildman–Crippen MR) is 85.5 cm³/mol. The number of carboxylic acid groups (broad SMARTS) is 1. The second-order valence-electron chi connectivity index (χ2n) is 6.36. The van der Waals surface area contributed by atoms with E-state index < -0.39 is 11.4 Å². The van der Waals surface area contributed by atoms with Crippen molar-refractivity contribution in [3.8, 4) is 0 Å². The normalized spacial score (nSPS) is 17.3. The summed E-state index contributed by atoms with van der Waals surface area (Å²) < 4.78 is 0. The summed E-state index contributed by atoms with van der Waals surface area (Å²) in [5, 5.41) is 12.4. The van der Waals surface area contributed by atoms with Crippen LogP contribution in [0.4, 0.5) is 0 Å². The molecule has 1 aromatic carbocycles. The third-order valence-corrected chi connectivity index (χ3v) is 4.59. The number of amides is 1. The van der Waals surface area contributed by atoms with Crippen molar-refractivity contribution in [1.29, 1.82) is 0 Å². The molecule has 0 radical (unpaired) electrons. The Morgan fingerprint density at radius 2 is 1.95 bits per heavy atom. The zero-order valence-electron chi connectivity index (χ0n) is 13.2. The highest BCUT2D eigenvalue weighted by Crippen LogP contribution is 2.44. The van der Waals surface area contributed by atoms with Crippen molar-refractivity contribution in [1.82, 2.24) is 5.32 Å². The molecule has 1 atom stereocenters. The third-order valence-electron chi connectivity index (χ3n) is 4.59. The van der Waals surface area contributed by atoms with Gasteiger partial charge >= 0.3 is 5.97 Å². The number of nitrogens with one attached hydrogen (secondary N) is 1. The number of benzene rings is 1. The van der Waals surface area contributed by atoms with Crippen LogP contribution in [0.1, 0.15) is 51.0 Å². The number of aliphatic carboxylic acids is 1. The summed E-state index contributed by atoms with van der Waals surface area (Å²) >= 11 is 0.